The number of hydrogen-bond acceptors (Lipinski definition) is 21. The maximum Gasteiger partial charge on any atom is 0.228 e. The van der Waals surface area contributed by atoms with Crippen molar-refractivity contribution in [1.29, 1.82) is 0 Å². The minimum absolute atomic E-state index is 0.0454. The van der Waals surface area contributed by atoms with Gasteiger partial charge in [0.25, 0.3) is 0 Å². The van der Waals surface area contributed by atoms with Crippen LogP contribution in [-0.2, 0) is 47.1 Å². The van der Waals surface area contributed by atoms with Crippen molar-refractivity contribution in [2.45, 2.75) is 134 Å². The molecule has 5 aliphatic heterocycles. The molecule has 0 aromatic carbocycles. The second-order valence-corrected chi connectivity index (χ2v) is 29.4. The molecule has 15 rings (SSSR count). The van der Waals surface area contributed by atoms with Gasteiger partial charge < -0.3 is 55.4 Å². The van der Waals surface area contributed by atoms with Crippen LogP contribution in [-0.4, -0.2) is 242 Å². The predicted molar refractivity (Wildman–Crippen MR) is 422 cm³/mol. The number of nitrogens with one attached hydrogen (secondary N) is 6. The molecule has 29 nitrogen and oxygen atoms in total. The summed E-state index contributed by atoms with van der Waals surface area (Å²) in [4.78, 5) is 110. The molecule has 110 heavy (non-hydrogen) atoms. The predicted octanol–water partition coefficient (Wildman–Crippen LogP) is 9.60. The zero-order valence-electron chi connectivity index (χ0n) is 65.8. The van der Waals surface area contributed by atoms with Gasteiger partial charge in [-0.25, -0.2) is 24.9 Å². The SMILES string of the molecule is CCN(CC)C(=O)C1CN(Cc2cnc(C)c(O)c2-c2ncc[nH]2)C1.CNC(=O)C1CN(Cc2cnc(C)c(O)c2-c2ncc[nH]2)C1.Cc1ncc(CN2CC(C(=O)N(C)C)C2)c(-c2ncc[nH]2)c1O.Cc1ncc(CN2CCCC2)c(-c2ncc[nH]2)c1C.Cc1ncc(CN2CCCCCC2)c(-c2ncc[nH]2)c1C. The van der Waals surface area contributed by atoms with Crippen LogP contribution in [0.25, 0.3) is 56.9 Å². The summed E-state index contributed by atoms with van der Waals surface area (Å²) in [5, 5.41) is 33.8. The van der Waals surface area contributed by atoms with Crippen molar-refractivity contribution in [3.05, 3.63) is 160 Å². The highest BCUT2D eigenvalue weighted by Gasteiger charge is 2.37. The summed E-state index contributed by atoms with van der Waals surface area (Å²) >= 11 is 0. The van der Waals surface area contributed by atoms with Gasteiger partial charge in [0, 0.05) is 222 Å². The Morgan fingerprint density at radius 3 is 0.955 bits per heavy atom. The first-order chi connectivity index (χ1) is 53.1. The maximum absolute atomic E-state index is 12.4. The average Bonchev–Trinajstić information content (AvgIpc) is 1.28. The Kier molecular flexibility index (Phi) is 27.6. The number of nitrogens with zero attached hydrogens (tertiary/aromatic N) is 17. The second-order valence-electron chi connectivity index (χ2n) is 29.4. The fourth-order valence-electron chi connectivity index (χ4n) is 14.9. The number of likely N-dealkylation sites (tertiary alicyclic amines) is 5. The maximum atomic E-state index is 12.4. The van der Waals surface area contributed by atoms with E-state index in [1.54, 1.807) is 103 Å². The molecule has 3 amide bonds. The Labute approximate surface area is 644 Å². The van der Waals surface area contributed by atoms with Gasteiger partial charge >= 0.3 is 0 Å². The average molecular weight is 1500 g/mol. The smallest absolute Gasteiger partial charge is 0.228 e. The lowest BCUT2D eigenvalue weighted by Gasteiger charge is -2.40. The number of aromatic amines is 5. The molecule has 15 heterocycles. The first kappa shape index (κ1) is 80.4. The van der Waals surface area contributed by atoms with Gasteiger partial charge in [0.05, 0.1) is 51.5 Å². The van der Waals surface area contributed by atoms with Crippen LogP contribution in [0.5, 0.6) is 17.2 Å². The van der Waals surface area contributed by atoms with Gasteiger partial charge in [-0.3, -0.25) is 63.8 Å². The summed E-state index contributed by atoms with van der Waals surface area (Å²) in [5.74, 6) is 4.91. The monoisotopic (exact) mass is 1500 g/mol. The number of H-pyrrole nitrogens is 5. The minimum Gasteiger partial charge on any atom is -0.505 e. The molecule has 9 N–H and O–H groups in total. The Morgan fingerprint density at radius 1 is 0.391 bits per heavy atom. The molecule has 0 radical (unpaired) electrons. The third-order valence-electron chi connectivity index (χ3n) is 21.5. The number of aromatic hydroxyl groups is 3. The number of amides is 3. The number of hydrogen-bond donors (Lipinski definition) is 9. The van der Waals surface area contributed by atoms with E-state index >= 15 is 0 Å². The topological polar surface area (TPSA) is 354 Å². The van der Waals surface area contributed by atoms with Crippen LogP contribution in [0.15, 0.2) is 93.0 Å². The van der Waals surface area contributed by atoms with Crippen LogP contribution in [0.4, 0.5) is 0 Å². The van der Waals surface area contributed by atoms with E-state index in [-0.39, 0.29) is 52.7 Å². The lowest BCUT2D eigenvalue weighted by atomic mass is 9.96. The van der Waals surface area contributed by atoms with Crippen molar-refractivity contribution in [1.82, 2.24) is 114 Å². The van der Waals surface area contributed by atoms with Gasteiger partial charge in [0.1, 0.15) is 46.4 Å². The van der Waals surface area contributed by atoms with E-state index in [0.717, 1.165) is 92.1 Å². The molecular weight excluding hydrogens is 1390 g/mol. The van der Waals surface area contributed by atoms with Gasteiger partial charge in [0.15, 0.2) is 0 Å². The van der Waals surface area contributed by atoms with Gasteiger partial charge in [0.2, 0.25) is 17.7 Å². The zero-order valence-corrected chi connectivity index (χ0v) is 65.8. The van der Waals surface area contributed by atoms with Gasteiger partial charge in [-0.15, -0.1) is 0 Å². The quantitative estimate of drug-likeness (QED) is 0.0343. The molecular formula is C81H109N23O6. The molecule has 29 heteroatoms. The second kappa shape index (κ2) is 37.7. The molecule has 0 aliphatic carbocycles. The van der Waals surface area contributed by atoms with Crippen molar-refractivity contribution in [2.24, 2.45) is 17.8 Å². The van der Waals surface area contributed by atoms with Gasteiger partial charge in [-0.1, -0.05) is 12.8 Å². The van der Waals surface area contributed by atoms with E-state index in [1.165, 1.54) is 98.1 Å². The molecule has 5 aliphatic rings. The molecule has 10 aromatic heterocycles. The van der Waals surface area contributed by atoms with Gasteiger partial charge in [-0.2, -0.15) is 0 Å². The molecule has 0 spiro atoms. The van der Waals surface area contributed by atoms with Crippen molar-refractivity contribution in [2.75, 3.05) is 99.7 Å². The molecule has 0 atom stereocenters. The molecule has 0 bridgehead atoms. The highest BCUT2D eigenvalue weighted by molar-refractivity contribution is 5.81. The van der Waals surface area contributed by atoms with E-state index in [4.69, 9.17) is 0 Å². The van der Waals surface area contributed by atoms with E-state index in [1.807, 2.05) is 55.9 Å². The zero-order chi connectivity index (χ0) is 78.1. The first-order valence-corrected chi connectivity index (χ1v) is 38.4. The molecule has 5 saturated heterocycles. The van der Waals surface area contributed by atoms with Crippen molar-refractivity contribution in [3.8, 4) is 74.2 Å². The molecule has 5 fully saturated rings. The third-order valence-corrected chi connectivity index (χ3v) is 21.5. The Hall–Kier alpha value is -10.6. The third kappa shape index (κ3) is 19.5. The summed E-state index contributed by atoms with van der Waals surface area (Å²) in [6.45, 7) is 32.2. The van der Waals surface area contributed by atoms with E-state index in [2.05, 4.69) is 132 Å². The van der Waals surface area contributed by atoms with Crippen LogP contribution >= 0.6 is 0 Å². The minimum atomic E-state index is 0.0454. The Balaban J connectivity index is 0.000000137. The summed E-state index contributed by atoms with van der Waals surface area (Å²) < 4.78 is 0. The summed E-state index contributed by atoms with van der Waals surface area (Å²) in [5.41, 5.74) is 16.1. The van der Waals surface area contributed by atoms with Crippen LogP contribution in [0.2, 0.25) is 0 Å². The Bertz CT molecular complexity index is 4610. The highest BCUT2D eigenvalue weighted by atomic mass is 16.3. The number of pyridine rings is 5. The Morgan fingerprint density at radius 2 is 0.664 bits per heavy atom. The highest BCUT2D eigenvalue weighted by Crippen LogP contribution is 2.38. The number of rotatable bonds is 20. The molecule has 10 aromatic rings. The normalized spacial score (nSPS) is 15.8. The molecule has 0 unspecified atom stereocenters. The summed E-state index contributed by atoms with van der Waals surface area (Å²) in [6, 6.07) is 0. The van der Waals surface area contributed by atoms with Crippen molar-refractivity contribution in [3.63, 3.8) is 0 Å². The van der Waals surface area contributed by atoms with E-state index in [9.17, 15) is 29.7 Å². The first-order valence-electron chi connectivity index (χ1n) is 38.4. The van der Waals surface area contributed by atoms with Crippen molar-refractivity contribution >= 4 is 17.7 Å². The number of imidazole rings is 5. The number of carbonyl (C=O) groups is 3. The summed E-state index contributed by atoms with van der Waals surface area (Å²) in [6.07, 6.45) is 34.9. The number of carbonyl (C=O) groups excluding carboxylic acids is 3. The fourth-order valence-corrected chi connectivity index (χ4v) is 14.9. The lowest BCUT2D eigenvalue weighted by Crippen LogP contribution is -2.54. The standard InChI is InChI=1S/C18H25N5O2.C17H24N4.C16H21N5O2.C15H19N5O2.C15H20N4/c1-4-23(5-2)18(25)14-10-22(11-14)9-13-8-21-12(3)16(24)15(13)17-19-6-7-20-17;1-13-14(2)20-11-15(16(13)17-18-7-8-19-17)12-21-9-5-3-4-6-10-21;1-10-14(22)13(15-17-4-5-18-15)11(6-19-10)7-21-8-12(9-21)16(23)20(2)3;1-9-13(21)12(14-17-3-4-18-14)10(5-19-9)6-20-7-11(8-20)15(22)16-2;1-11-12(2)18-9-13(10-19-7-3-4-8-19)14(11)15-16-5-6-17-15/h6-8,14,24H,4-5,9-11H2,1-3H3,(H,19,20);7-8,11H,3-6,9-10,12H2,1-2H3,(H,18,19);4-6,12,22H,7-9H2,1-3H3,(H,17,18);3-5,11,21H,6-8H2,1-2H3,(H,16,22)(H,17,18);5-6,9H,3-4,7-8,10H2,1-2H3,(H,16,17). The molecule has 584 valence electrons. The fraction of sp³-hybridized carbons (Fsp3) is 0.469. The number of aromatic nitrogens is 15. The number of aryl methyl sites for hydroxylation is 5. The van der Waals surface area contributed by atoms with Crippen LogP contribution in [0, 0.1) is 66.2 Å². The van der Waals surface area contributed by atoms with Crippen LogP contribution < -0.4 is 5.32 Å². The lowest BCUT2D eigenvalue weighted by molar-refractivity contribution is -0.141. The van der Waals surface area contributed by atoms with Gasteiger partial charge in [-0.05, 0) is 153 Å². The summed E-state index contributed by atoms with van der Waals surface area (Å²) in [7, 11) is 5.21. The van der Waals surface area contributed by atoms with Crippen LogP contribution in [0.3, 0.4) is 0 Å². The van der Waals surface area contributed by atoms with E-state index in [0.29, 0.717) is 84.0 Å². The van der Waals surface area contributed by atoms with Crippen LogP contribution in [0.1, 0.15) is 120 Å². The van der Waals surface area contributed by atoms with Crippen molar-refractivity contribution < 1.29 is 29.7 Å². The van der Waals surface area contributed by atoms with E-state index < -0.39 is 0 Å². The largest absolute Gasteiger partial charge is 0.505 e. The molecule has 0 saturated carbocycles.